The van der Waals surface area contributed by atoms with Crippen LogP contribution in [0.1, 0.15) is 48.9 Å². The minimum atomic E-state index is 0.104. The van der Waals surface area contributed by atoms with Crippen LogP contribution in [-0.2, 0) is 12.0 Å². The largest absolute Gasteiger partial charge is 0.245 e. The maximum absolute atomic E-state index is 4.65. The van der Waals surface area contributed by atoms with Crippen molar-refractivity contribution in [1.82, 2.24) is 20.0 Å². The number of hydrogen-bond acceptors (Lipinski definition) is 4. The Kier molecular flexibility index (Phi) is 3.87. The predicted octanol–water partition coefficient (Wildman–Crippen LogP) is 3.54. The lowest BCUT2D eigenvalue weighted by molar-refractivity contribution is 0.566. The van der Waals surface area contributed by atoms with Crippen LogP contribution in [0.3, 0.4) is 0 Å². The number of hydrogen-bond donors (Lipinski definition) is 0. The van der Waals surface area contributed by atoms with E-state index >= 15 is 0 Å². The van der Waals surface area contributed by atoms with E-state index in [1.54, 1.807) is 11.3 Å². The Morgan fingerprint density at radius 1 is 1.44 bits per heavy atom. The minimum absolute atomic E-state index is 0.104. The van der Waals surface area contributed by atoms with Gasteiger partial charge in [-0.15, -0.1) is 16.4 Å². The van der Waals surface area contributed by atoms with Gasteiger partial charge in [0.25, 0.3) is 0 Å². The zero-order valence-electron chi connectivity index (χ0n) is 11.0. The van der Waals surface area contributed by atoms with Gasteiger partial charge in [0, 0.05) is 10.8 Å². The van der Waals surface area contributed by atoms with Crippen LogP contribution in [0.25, 0.3) is 0 Å². The lowest BCUT2D eigenvalue weighted by Crippen LogP contribution is -2.12. The first kappa shape index (κ1) is 13.7. The van der Waals surface area contributed by atoms with Crippen LogP contribution in [0.4, 0.5) is 0 Å². The molecule has 2 heterocycles. The SMILES string of the molecule is CC(Br)c1cn(Cc2nc(C(C)(C)C)cs2)nn1. The van der Waals surface area contributed by atoms with Crippen LogP contribution >= 0.6 is 27.3 Å². The first-order valence-corrected chi connectivity index (χ1v) is 7.65. The smallest absolute Gasteiger partial charge is 0.114 e. The Bertz CT molecular complexity index is 524. The van der Waals surface area contributed by atoms with Gasteiger partial charge >= 0.3 is 0 Å². The molecular formula is C12H17BrN4S. The van der Waals surface area contributed by atoms with Crippen molar-refractivity contribution in [3.05, 3.63) is 28.0 Å². The molecule has 0 saturated heterocycles. The fourth-order valence-corrected chi connectivity index (χ4v) is 2.66. The lowest BCUT2D eigenvalue weighted by atomic mass is 9.93. The molecule has 0 spiro atoms. The molecule has 98 valence electrons. The highest BCUT2D eigenvalue weighted by Gasteiger charge is 2.17. The van der Waals surface area contributed by atoms with Crippen molar-refractivity contribution < 1.29 is 0 Å². The van der Waals surface area contributed by atoms with E-state index in [0.29, 0.717) is 6.54 Å². The number of aromatic nitrogens is 4. The van der Waals surface area contributed by atoms with Crippen molar-refractivity contribution in [2.45, 2.75) is 44.5 Å². The molecule has 2 aromatic rings. The summed E-state index contributed by atoms with van der Waals surface area (Å²) in [4.78, 5) is 4.88. The molecule has 0 aliphatic rings. The maximum Gasteiger partial charge on any atom is 0.114 e. The maximum atomic E-state index is 4.65. The third-order valence-corrected chi connectivity index (χ3v) is 3.88. The van der Waals surface area contributed by atoms with Crippen molar-refractivity contribution >= 4 is 27.3 Å². The topological polar surface area (TPSA) is 43.6 Å². The van der Waals surface area contributed by atoms with Gasteiger partial charge in [-0.05, 0) is 6.92 Å². The van der Waals surface area contributed by atoms with Crippen LogP contribution in [-0.4, -0.2) is 20.0 Å². The van der Waals surface area contributed by atoms with E-state index in [1.807, 2.05) is 17.8 Å². The molecule has 0 fully saturated rings. The van der Waals surface area contributed by atoms with Crippen molar-refractivity contribution in [2.24, 2.45) is 0 Å². The molecule has 0 aliphatic carbocycles. The first-order chi connectivity index (χ1) is 8.36. The molecule has 0 bridgehead atoms. The van der Waals surface area contributed by atoms with Crippen molar-refractivity contribution in [3.8, 4) is 0 Å². The zero-order chi connectivity index (χ0) is 13.3. The highest BCUT2D eigenvalue weighted by molar-refractivity contribution is 9.09. The summed E-state index contributed by atoms with van der Waals surface area (Å²) < 4.78 is 1.83. The van der Waals surface area contributed by atoms with Crippen molar-refractivity contribution in [3.63, 3.8) is 0 Å². The van der Waals surface area contributed by atoms with Crippen LogP contribution in [0.5, 0.6) is 0 Å². The molecule has 0 N–H and O–H groups in total. The van der Waals surface area contributed by atoms with E-state index in [1.165, 1.54) is 0 Å². The molecule has 6 heteroatoms. The molecule has 18 heavy (non-hydrogen) atoms. The highest BCUT2D eigenvalue weighted by atomic mass is 79.9. The van der Waals surface area contributed by atoms with Gasteiger partial charge in [-0.1, -0.05) is 41.9 Å². The van der Waals surface area contributed by atoms with E-state index in [9.17, 15) is 0 Å². The van der Waals surface area contributed by atoms with Gasteiger partial charge in [-0.25, -0.2) is 9.67 Å². The quantitative estimate of drug-likeness (QED) is 0.809. The van der Waals surface area contributed by atoms with Crippen LogP contribution in [0.15, 0.2) is 11.6 Å². The Balaban J connectivity index is 2.11. The average Bonchev–Trinajstić information content (AvgIpc) is 2.85. The summed E-state index contributed by atoms with van der Waals surface area (Å²) in [5.41, 5.74) is 2.19. The first-order valence-electron chi connectivity index (χ1n) is 5.85. The molecule has 4 nitrogen and oxygen atoms in total. The number of halogens is 1. The summed E-state index contributed by atoms with van der Waals surface area (Å²) in [6, 6.07) is 0. The lowest BCUT2D eigenvalue weighted by Gasteiger charge is -2.14. The van der Waals surface area contributed by atoms with Crippen LogP contribution < -0.4 is 0 Å². The van der Waals surface area contributed by atoms with Crippen LogP contribution in [0, 0.1) is 0 Å². The molecule has 0 saturated carbocycles. The van der Waals surface area contributed by atoms with E-state index in [2.05, 4.69) is 57.4 Å². The summed E-state index contributed by atoms with van der Waals surface area (Å²) in [5, 5.41) is 11.4. The molecule has 0 aromatic carbocycles. The predicted molar refractivity (Wildman–Crippen MR) is 77.3 cm³/mol. The standard InChI is InChI=1S/C12H17BrN4S/c1-8(13)9-5-17(16-15-9)6-11-14-10(7-18-11)12(2,3)4/h5,7-8H,6H2,1-4H3. The normalized spacial score (nSPS) is 13.8. The zero-order valence-corrected chi connectivity index (χ0v) is 13.4. The van der Waals surface area contributed by atoms with Gasteiger partial charge in [0.05, 0.1) is 29.0 Å². The molecule has 2 aromatic heterocycles. The van der Waals surface area contributed by atoms with Crippen molar-refractivity contribution in [1.29, 1.82) is 0 Å². The summed E-state index contributed by atoms with van der Waals surface area (Å²) in [6.07, 6.45) is 1.96. The number of nitrogens with zero attached hydrogens (tertiary/aromatic N) is 4. The fourth-order valence-electron chi connectivity index (χ4n) is 1.44. The van der Waals surface area contributed by atoms with Crippen LogP contribution in [0.2, 0.25) is 0 Å². The summed E-state index contributed by atoms with van der Waals surface area (Å²) >= 11 is 5.16. The van der Waals surface area contributed by atoms with E-state index in [4.69, 9.17) is 0 Å². The molecule has 2 rings (SSSR count). The second kappa shape index (κ2) is 5.09. The minimum Gasteiger partial charge on any atom is -0.245 e. The van der Waals surface area contributed by atoms with E-state index < -0.39 is 0 Å². The molecule has 0 aliphatic heterocycles. The molecular weight excluding hydrogens is 312 g/mol. The highest BCUT2D eigenvalue weighted by Crippen LogP contribution is 2.24. The van der Waals surface area contributed by atoms with Gasteiger partial charge in [0.1, 0.15) is 5.01 Å². The van der Waals surface area contributed by atoms with Gasteiger partial charge < -0.3 is 0 Å². The number of alkyl halides is 1. The molecule has 1 atom stereocenters. The van der Waals surface area contributed by atoms with Gasteiger partial charge in [0.15, 0.2) is 0 Å². The van der Waals surface area contributed by atoms with Gasteiger partial charge in [0.2, 0.25) is 0 Å². The Labute approximate surface area is 120 Å². The van der Waals surface area contributed by atoms with Crippen molar-refractivity contribution in [2.75, 3.05) is 0 Å². The second-order valence-electron chi connectivity index (χ2n) is 5.33. The summed E-state index contributed by atoms with van der Waals surface area (Å²) in [5.74, 6) is 0. The molecule has 0 radical (unpaired) electrons. The summed E-state index contributed by atoms with van der Waals surface area (Å²) in [6.45, 7) is 9.24. The van der Waals surface area contributed by atoms with E-state index in [-0.39, 0.29) is 10.2 Å². The third-order valence-electron chi connectivity index (χ3n) is 2.58. The number of thiazole rings is 1. The Morgan fingerprint density at radius 2 is 2.17 bits per heavy atom. The fraction of sp³-hybridized carbons (Fsp3) is 0.583. The Morgan fingerprint density at radius 3 is 2.67 bits per heavy atom. The molecule has 0 amide bonds. The summed E-state index contributed by atoms with van der Waals surface area (Å²) in [7, 11) is 0. The van der Waals surface area contributed by atoms with Gasteiger partial charge in [-0.3, -0.25) is 0 Å². The Hall–Kier alpha value is -0.750. The molecule has 1 unspecified atom stereocenters. The number of rotatable bonds is 3. The average molecular weight is 329 g/mol. The second-order valence-corrected chi connectivity index (χ2v) is 7.65. The van der Waals surface area contributed by atoms with E-state index in [0.717, 1.165) is 16.4 Å². The third kappa shape index (κ3) is 3.17. The van der Waals surface area contributed by atoms with Gasteiger partial charge in [-0.2, -0.15) is 0 Å². The monoisotopic (exact) mass is 328 g/mol.